The topological polar surface area (TPSA) is 38.3 Å². The molecule has 1 aliphatic carbocycles. The van der Waals surface area contributed by atoms with Gasteiger partial charge in [-0.15, -0.1) is 0 Å². The molecule has 0 aromatic rings. The van der Waals surface area contributed by atoms with Crippen molar-refractivity contribution in [3.05, 3.63) is 0 Å². The zero-order chi connectivity index (χ0) is 11.2. The van der Waals surface area contributed by atoms with Crippen LogP contribution in [0.5, 0.6) is 0 Å². The summed E-state index contributed by atoms with van der Waals surface area (Å²) in [5, 5.41) is 2.70. The van der Waals surface area contributed by atoms with Gasteiger partial charge in [0.2, 0.25) is 6.41 Å². The molecule has 0 aromatic heterocycles. The van der Waals surface area contributed by atoms with Gasteiger partial charge in [0.05, 0.1) is 12.1 Å². The third kappa shape index (κ3) is 1.66. The van der Waals surface area contributed by atoms with Gasteiger partial charge in [-0.2, -0.15) is 8.78 Å². The van der Waals surface area contributed by atoms with Crippen LogP contribution in [0.3, 0.4) is 0 Å². The van der Waals surface area contributed by atoms with Crippen LogP contribution in [-0.2, 0) is 9.53 Å². The van der Waals surface area contributed by atoms with Crippen molar-refractivity contribution in [2.75, 3.05) is 6.61 Å². The van der Waals surface area contributed by atoms with Crippen molar-refractivity contribution in [2.24, 2.45) is 0 Å². The van der Waals surface area contributed by atoms with Crippen molar-refractivity contribution < 1.29 is 18.3 Å². The first-order valence-corrected chi connectivity index (χ1v) is 5.53. The van der Waals surface area contributed by atoms with Crippen LogP contribution < -0.4 is 5.32 Å². The Morgan fingerprint density at radius 2 is 1.93 bits per heavy atom. The lowest BCUT2D eigenvalue weighted by Gasteiger charge is -2.54. The molecule has 6 heteroatoms. The molecule has 2 saturated heterocycles. The molecule has 1 saturated carbocycles. The first-order valence-electron chi connectivity index (χ1n) is 4.95. The van der Waals surface area contributed by atoms with E-state index in [0.717, 1.165) is 0 Å². The number of ether oxygens (including phenoxy) is 1. The van der Waals surface area contributed by atoms with Crippen LogP contribution in [0.15, 0.2) is 0 Å². The predicted octanol–water partition coefficient (Wildman–Crippen LogP) is 1.28. The Morgan fingerprint density at radius 3 is 2.27 bits per heavy atom. The molecule has 1 amide bonds. The summed E-state index contributed by atoms with van der Waals surface area (Å²) in [6, 6.07) is 0. The van der Waals surface area contributed by atoms with Gasteiger partial charge in [0, 0.05) is 0 Å². The van der Waals surface area contributed by atoms with E-state index in [9.17, 15) is 13.6 Å². The van der Waals surface area contributed by atoms with Crippen LogP contribution in [0, 0.1) is 0 Å². The highest BCUT2D eigenvalue weighted by Crippen LogP contribution is 2.53. The summed E-state index contributed by atoms with van der Waals surface area (Å²) in [6.45, 7) is 0.190. The molecule has 3 aliphatic rings. The Balaban J connectivity index is 2.14. The van der Waals surface area contributed by atoms with Crippen LogP contribution >= 0.6 is 9.24 Å². The Morgan fingerprint density at radius 1 is 1.33 bits per heavy atom. The fraction of sp³-hybridized carbons (Fsp3) is 0.889. The lowest BCUT2D eigenvalue weighted by molar-refractivity contribution is -0.232. The van der Waals surface area contributed by atoms with Crippen molar-refractivity contribution in [3.63, 3.8) is 0 Å². The Kier molecular flexibility index (Phi) is 2.51. The second-order valence-electron chi connectivity index (χ2n) is 4.45. The summed E-state index contributed by atoms with van der Waals surface area (Å²) in [4.78, 5) is 10.4. The Labute approximate surface area is 89.1 Å². The van der Waals surface area contributed by atoms with Gasteiger partial charge in [0.25, 0.3) is 5.66 Å². The first kappa shape index (κ1) is 11.2. The molecule has 0 radical (unpaired) electrons. The maximum absolute atomic E-state index is 13.3. The molecule has 3 fully saturated rings. The number of fused-ring (bicyclic) bond motifs is 3. The van der Waals surface area contributed by atoms with Gasteiger partial charge in [-0.25, -0.2) is 0 Å². The molecule has 15 heavy (non-hydrogen) atoms. The number of hydrogen-bond acceptors (Lipinski definition) is 2. The molecule has 2 bridgehead atoms. The molecular formula is C9H14F2NO2P. The molecule has 3 rings (SSSR count). The van der Waals surface area contributed by atoms with Gasteiger partial charge in [-0.3, -0.25) is 4.79 Å². The number of nitrogens with one attached hydrogen (secondary N) is 1. The molecule has 3 nitrogen and oxygen atoms in total. The number of rotatable bonds is 3. The van der Waals surface area contributed by atoms with Crippen LogP contribution in [0.4, 0.5) is 8.78 Å². The van der Waals surface area contributed by atoms with E-state index in [2.05, 4.69) is 5.32 Å². The van der Waals surface area contributed by atoms with Crippen LogP contribution in [-0.4, -0.2) is 29.8 Å². The second-order valence-corrected chi connectivity index (χ2v) is 5.17. The zero-order valence-corrected chi connectivity index (χ0v) is 9.42. The van der Waals surface area contributed by atoms with E-state index in [0.29, 0.717) is 32.1 Å². The summed E-state index contributed by atoms with van der Waals surface area (Å²) in [6.07, 6.45) is 2.35. The number of halogens is 2. The molecule has 86 valence electrons. The Bertz CT molecular complexity index is 255. The van der Waals surface area contributed by atoms with E-state index in [-0.39, 0.29) is 6.61 Å². The highest BCUT2D eigenvalue weighted by Gasteiger charge is 2.59. The Hall–Kier alpha value is -0.280. The van der Waals surface area contributed by atoms with Gasteiger partial charge < -0.3 is 10.1 Å². The summed E-state index contributed by atoms with van der Waals surface area (Å²) in [5.41, 5.74) is -4.62. The third-order valence-electron chi connectivity index (χ3n) is 3.61. The van der Waals surface area contributed by atoms with Gasteiger partial charge in [0.15, 0.2) is 0 Å². The molecule has 1 atom stereocenters. The quantitative estimate of drug-likeness (QED) is 0.593. The van der Waals surface area contributed by atoms with E-state index >= 15 is 0 Å². The highest BCUT2D eigenvalue weighted by atomic mass is 31.0. The van der Waals surface area contributed by atoms with Gasteiger partial charge >= 0.3 is 0 Å². The summed E-state index contributed by atoms with van der Waals surface area (Å²) in [5.74, 6) is 0. The van der Waals surface area contributed by atoms with Crippen molar-refractivity contribution in [3.8, 4) is 0 Å². The van der Waals surface area contributed by atoms with E-state index in [1.807, 2.05) is 0 Å². The van der Waals surface area contributed by atoms with E-state index in [4.69, 9.17) is 4.74 Å². The standard InChI is InChI=1S/C9H14F2NO2P/c10-9(11,15)8-3-1-7(2-4-8,5-14-8)12-6-13/h6H,1-5,15H2,(H,12,13). The van der Waals surface area contributed by atoms with Crippen molar-refractivity contribution in [2.45, 2.75) is 42.5 Å². The maximum Gasteiger partial charge on any atom is 0.287 e. The third-order valence-corrected chi connectivity index (χ3v) is 4.14. The van der Waals surface area contributed by atoms with Crippen molar-refractivity contribution in [1.82, 2.24) is 5.32 Å². The lowest BCUT2D eigenvalue weighted by Crippen LogP contribution is -2.65. The van der Waals surface area contributed by atoms with Gasteiger partial charge in [0.1, 0.15) is 5.60 Å². The number of hydrogen-bond donors (Lipinski definition) is 1. The molecule has 2 heterocycles. The fourth-order valence-electron chi connectivity index (χ4n) is 2.44. The number of carbonyl (C=O) groups is 1. The first-order chi connectivity index (χ1) is 6.93. The molecule has 1 N–H and O–H groups in total. The lowest BCUT2D eigenvalue weighted by atomic mass is 9.71. The van der Waals surface area contributed by atoms with Crippen LogP contribution in [0.25, 0.3) is 0 Å². The average molecular weight is 237 g/mol. The SMILES string of the molecule is O=CNC12CCC(C(F)(F)P)(CC1)OC2. The molecule has 1 unspecified atom stereocenters. The molecular weight excluding hydrogens is 223 g/mol. The minimum atomic E-state index is -2.89. The minimum Gasteiger partial charge on any atom is -0.366 e. The maximum atomic E-state index is 13.3. The van der Waals surface area contributed by atoms with Crippen LogP contribution in [0.1, 0.15) is 25.7 Å². The molecule has 0 aromatic carbocycles. The zero-order valence-electron chi connectivity index (χ0n) is 8.26. The summed E-state index contributed by atoms with van der Waals surface area (Å²) >= 11 is 0. The van der Waals surface area contributed by atoms with Crippen molar-refractivity contribution >= 4 is 15.6 Å². The van der Waals surface area contributed by atoms with Crippen LogP contribution in [0.2, 0.25) is 0 Å². The number of amides is 1. The molecule has 0 spiro atoms. The summed E-state index contributed by atoms with van der Waals surface area (Å²) < 4.78 is 32.0. The second kappa shape index (κ2) is 3.36. The van der Waals surface area contributed by atoms with E-state index < -0.39 is 16.8 Å². The highest BCUT2D eigenvalue weighted by molar-refractivity contribution is 7.18. The monoisotopic (exact) mass is 237 g/mol. The van der Waals surface area contributed by atoms with E-state index in [1.165, 1.54) is 0 Å². The largest absolute Gasteiger partial charge is 0.366 e. The van der Waals surface area contributed by atoms with Gasteiger partial charge in [-0.05, 0) is 25.7 Å². The average Bonchev–Trinajstić information content (AvgIpc) is 2.19. The van der Waals surface area contributed by atoms with Gasteiger partial charge in [-0.1, -0.05) is 9.24 Å². The number of carbonyl (C=O) groups excluding carboxylic acids is 1. The van der Waals surface area contributed by atoms with E-state index in [1.54, 1.807) is 9.24 Å². The summed E-state index contributed by atoms with van der Waals surface area (Å²) in [7, 11) is 1.57. The van der Waals surface area contributed by atoms with Crippen molar-refractivity contribution in [1.29, 1.82) is 0 Å². The predicted molar refractivity (Wildman–Crippen MR) is 53.7 cm³/mol. The normalized spacial score (nSPS) is 40.2. The minimum absolute atomic E-state index is 0.190. The molecule has 2 aliphatic heterocycles. The smallest absolute Gasteiger partial charge is 0.287 e. The fourth-order valence-corrected chi connectivity index (χ4v) is 2.81. The number of alkyl halides is 2.